The monoisotopic (exact) mass is 544 g/mol. The zero-order chi connectivity index (χ0) is 51.1. The normalized spacial score (nSPS) is 23.3. The van der Waals surface area contributed by atoms with Gasteiger partial charge in [0.25, 0.3) is 1.43 Å². The minimum absolute atomic E-state index is 0.890. The number of oxazole rings is 1. The number of amides is 1. The van der Waals surface area contributed by atoms with Crippen LogP contribution in [0.15, 0.2) is 83.0 Å². The van der Waals surface area contributed by atoms with Crippen LogP contribution in [0.25, 0.3) is 12.9 Å². The third-order valence-electron chi connectivity index (χ3n) is 3.75. The molecule has 4 rings (SSSR count). The largest absolute Gasteiger partial charge is 0.497 e. The summed E-state index contributed by atoms with van der Waals surface area (Å²) in [5.74, 6) is -9.28. The number of benzene rings is 3. The zero-order valence-electron chi connectivity index (χ0n) is 46.3. The van der Waals surface area contributed by atoms with Crippen molar-refractivity contribution in [3.63, 3.8) is 0 Å². The summed E-state index contributed by atoms with van der Waals surface area (Å²) in [6, 6.07) is -17.0. The number of aryl methyl sites for hydroxylation is 2. The lowest BCUT2D eigenvalue weighted by molar-refractivity contribution is -0.138. The van der Waals surface area contributed by atoms with Gasteiger partial charge in [-0.25, -0.2) is 9.78 Å². The highest BCUT2D eigenvalue weighted by Crippen LogP contribution is 2.22. The Kier molecular flexibility index (Phi) is 2.74. The third-order valence-corrected chi connectivity index (χ3v) is 3.75. The molecule has 9 nitrogen and oxygen atoms in total. The topological polar surface area (TPSA) is 111 Å². The molecule has 4 aromatic rings. The van der Waals surface area contributed by atoms with Crippen LogP contribution in [-0.4, -0.2) is 47.1 Å². The van der Waals surface area contributed by atoms with E-state index >= 15 is 0 Å². The van der Waals surface area contributed by atoms with Crippen molar-refractivity contribution in [2.24, 2.45) is 0 Å². The maximum Gasteiger partial charge on any atom is 0.416 e. The number of aliphatic carboxylic acids is 1. The number of hydrogen-bond acceptors (Lipinski definition) is 8. The predicted molar refractivity (Wildman–Crippen MR) is 139 cm³/mol. The van der Waals surface area contributed by atoms with Crippen molar-refractivity contribution in [3.8, 4) is 28.7 Å². The lowest BCUT2D eigenvalue weighted by Crippen LogP contribution is -2.37. The van der Waals surface area contributed by atoms with E-state index < -0.39 is 181 Å². The first-order valence-electron chi connectivity index (χ1n) is 23.5. The molecular formula is C29H28N2O7. The van der Waals surface area contributed by atoms with Crippen molar-refractivity contribution < 1.29 is 70.3 Å². The quantitative estimate of drug-likeness (QED) is 0.268. The zero-order valence-corrected chi connectivity index (χ0v) is 18.3. The van der Waals surface area contributed by atoms with Crippen LogP contribution in [-0.2, 0) is 17.7 Å². The van der Waals surface area contributed by atoms with Gasteiger partial charge in [0.1, 0.15) is 29.5 Å². The molecule has 0 aliphatic heterocycles. The fourth-order valence-electron chi connectivity index (χ4n) is 2.25. The lowest BCUT2D eigenvalue weighted by Gasteiger charge is -2.20. The summed E-state index contributed by atoms with van der Waals surface area (Å²) in [6.07, 6.45) is -6.47. The van der Waals surface area contributed by atoms with Gasteiger partial charge in [0.05, 0.1) is 49.4 Å². The standard InChI is InChI=1S/C29H28N2O7/c1-20-26(30-28(37-20)22-6-4-3-5-7-22)16-17-36-24-10-8-21(9-11-24)18-31(19-27(32)33)29(34)38-25-14-12-23(35-2)13-15-25/h3-15H,16-19H2,1-2H3,(H,32,33)/i1D3,2D3,3D,4D,5D,6D,7D,8D,9D,10D,11D,12D,13D,14D,15D,16D2,17D2,18D2,19D2/hD. The molecule has 9 heteroatoms. The van der Waals surface area contributed by atoms with Gasteiger partial charge in [-0.1, -0.05) is 30.2 Å². The summed E-state index contributed by atoms with van der Waals surface area (Å²) in [6.45, 7) is -16.2. The van der Waals surface area contributed by atoms with E-state index in [1.54, 1.807) is 0 Å². The third kappa shape index (κ3) is 7.13. The van der Waals surface area contributed by atoms with Gasteiger partial charge in [-0.15, -0.1) is 0 Å². The van der Waals surface area contributed by atoms with Gasteiger partial charge >= 0.3 is 12.1 Å². The molecule has 0 radical (unpaired) electrons. The van der Waals surface area contributed by atoms with Crippen LogP contribution in [0.1, 0.15) is 54.0 Å². The van der Waals surface area contributed by atoms with E-state index in [9.17, 15) is 9.59 Å². The summed E-state index contributed by atoms with van der Waals surface area (Å²) in [7, 11) is -3.35. The number of carbonyl (C=O) groups excluding carboxylic acids is 1. The van der Waals surface area contributed by atoms with Crippen LogP contribution in [0.4, 0.5) is 4.79 Å². The lowest BCUT2D eigenvalue weighted by atomic mass is 10.2. The van der Waals surface area contributed by atoms with Crippen LogP contribution in [0, 0.1) is 6.85 Å². The van der Waals surface area contributed by atoms with Crippen molar-refractivity contribution in [2.75, 3.05) is 20.1 Å². The molecule has 1 heterocycles. The van der Waals surface area contributed by atoms with E-state index in [1.807, 2.05) is 0 Å². The first-order valence-corrected chi connectivity index (χ1v) is 9.61. The Bertz CT molecular complexity index is 2550. The summed E-state index contributed by atoms with van der Waals surface area (Å²) in [5, 5.41) is 3.57. The van der Waals surface area contributed by atoms with Crippen molar-refractivity contribution in [1.82, 2.24) is 9.88 Å². The second kappa shape index (κ2) is 12.4. The highest BCUT2D eigenvalue weighted by Gasteiger charge is 2.20. The first kappa shape index (κ1) is 8.36. The van der Waals surface area contributed by atoms with Gasteiger partial charge in [-0.2, -0.15) is 0 Å². The highest BCUT2D eigenvalue weighted by molar-refractivity contribution is 5.78. The molecular weight excluding hydrogens is 488 g/mol. The molecule has 1 amide bonds. The van der Waals surface area contributed by atoms with E-state index in [1.165, 1.54) is 0 Å². The fraction of sp³-hybridized carbons (Fsp3) is 0.207. The molecule has 0 atom stereocenters. The smallest absolute Gasteiger partial charge is 0.416 e. The van der Waals surface area contributed by atoms with Crippen molar-refractivity contribution in [2.45, 2.75) is 19.7 Å². The van der Waals surface area contributed by atoms with Crippen molar-refractivity contribution in [1.29, 1.82) is 1.43 Å². The second-order valence-electron chi connectivity index (χ2n) is 6.20. The summed E-state index contributed by atoms with van der Waals surface area (Å²) < 4.78 is 246. The van der Waals surface area contributed by atoms with Crippen LogP contribution in [0.5, 0.6) is 17.2 Å². The Hall–Kier alpha value is -4.79. The van der Waals surface area contributed by atoms with E-state index in [4.69, 9.17) is 52.3 Å². The summed E-state index contributed by atoms with van der Waals surface area (Å²) in [5.41, 5.74) is -4.10. The van der Waals surface area contributed by atoms with Gasteiger partial charge in [0, 0.05) is 25.3 Å². The molecule has 1 N–H and O–H groups in total. The SMILES string of the molecule is [2H]OC(=O)C([2H])([2H])N(C(=O)Oc1c([2H])c([2H])c(OC([2H])([2H])[2H])c([2H])c1[2H])C([2H])([2H])c1c([2H])c([2H])c(OC([2H])([2H])C([2H])([2H])c2nc(-c3c([2H])c([2H])c([2H])c([2H])c3[2H])oc2C([2H])([2H])[2H])c([2H])c1[2H]. The molecule has 1 aromatic heterocycles. The Morgan fingerprint density at radius 1 is 1.05 bits per heavy atom. The Balaban J connectivity index is 1.90. The molecule has 0 spiro atoms. The van der Waals surface area contributed by atoms with Crippen LogP contribution >= 0.6 is 0 Å². The maximum absolute atomic E-state index is 13.7. The number of carboxylic acids is 1. The van der Waals surface area contributed by atoms with Gasteiger partial charge in [0.15, 0.2) is 0 Å². The number of nitrogens with zero attached hydrogens (tertiary/aromatic N) is 2. The Morgan fingerprint density at radius 3 is 2.50 bits per heavy atom. The fourth-order valence-corrected chi connectivity index (χ4v) is 2.25. The molecule has 0 aliphatic rings. The minimum Gasteiger partial charge on any atom is -0.497 e. The molecule has 196 valence electrons. The minimum atomic E-state index is -4.30. The number of methoxy groups -OCH3 is 1. The van der Waals surface area contributed by atoms with Crippen LogP contribution < -0.4 is 14.2 Å². The van der Waals surface area contributed by atoms with Crippen LogP contribution in [0.2, 0.25) is 0 Å². The van der Waals surface area contributed by atoms with Gasteiger partial charge < -0.3 is 23.7 Å². The maximum atomic E-state index is 13.7. The number of ether oxygens (including phenoxy) is 3. The highest BCUT2D eigenvalue weighted by atomic mass is 16.6. The molecule has 0 unspecified atom stereocenters. The van der Waals surface area contributed by atoms with Crippen molar-refractivity contribution in [3.05, 3.63) is 95.6 Å². The molecule has 0 bridgehead atoms. The number of rotatable bonds is 11. The molecule has 3 aromatic carbocycles. The average Bonchev–Trinajstić information content (AvgIpc) is 3.65. The first-order chi connectivity index (χ1) is 29.7. The number of hydrogen-bond donors (Lipinski definition) is 1. The number of carboxylic acid groups (broad SMARTS) is 1. The van der Waals surface area contributed by atoms with E-state index in [0.717, 1.165) is 0 Å². The van der Waals surface area contributed by atoms with Gasteiger partial charge in [-0.05, 0) is 60.8 Å². The molecule has 38 heavy (non-hydrogen) atoms. The Labute approximate surface area is 259 Å². The van der Waals surface area contributed by atoms with Gasteiger partial charge in [-0.3, -0.25) is 9.69 Å². The van der Waals surface area contributed by atoms with E-state index in [-0.39, 0.29) is 0 Å². The predicted octanol–water partition coefficient (Wildman–Crippen LogP) is 5.37. The summed E-state index contributed by atoms with van der Waals surface area (Å²) >= 11 is 0. The number of carbonyl (C=O) groups is 2. The molecule has 0 fully saturated rings. The summed E-state index contributed by atoms with van der Waals surface area (Å²) in [4.78, 5) is 28.9. The molecule has 0 aliphatic carbocycles. The van der Waals surface area contributed by atoms with E-state index in [0.29, 0.717) is 0 Å². The average molecular weight is 545 g/mol. The molecule has 0 saturated carbocycles. The van der Waals surface area contributed by atoms with Crippen molar-refractivity contribution >= 4 is 12.1 Å². The Morgan fingerprint density at radius 2 is 1.79 bits per heavy atom. The van der Waals surface area contributed by atoms with Crippen LogP contribution in [0.3, 0.4) is 0 Å². The molecule has 0 saturated heterocycles. The van der Waals surface area contributed by atoms with Gasteiger partial charge in [0.2, 0.25) is 5.89 Å². The van der Waals surface area contributed by atoms with E-state index in [2.05, 4.69) is 14.8 Å². The second-order valence-corrected chi connectivity index (χ2v) is 6.20. The number of aromatic nitrogens is 1.